The van der Waals surface area contributed by atoms with Crippen molar-refractivity contribution in [3.05, 3.63) is 155 Å². The number of para-hydroxylation sites is 2. The molecule has 1 aliphatic rings. The van der Waals surface area contributed by atoms with E-state index in [0.29, 0.717) is 5.57 Å². The van der Waals surface area contributed by atoms with Crippen LogP contribution in [0.15, 0.2) is 133 Å². The maximum absolute atomic E-state index is 10.9. The number of hydrogen-bond donors (Lipinski definition) is 0. The Balaban J connectivity index is 1.30. The van der Waals surface area contributed by atoms with Crippen LogP contribution in [0.5, 0.6) is 0 Å². The van der Waals surface area contributed by atoms with Crippen molar-refractivity contribution in [1.82, 2.24) is 9.13 Å². The molecule has 1 aliphatic carbocycles. The molecule has 0 saturated carbocycles. The Kier molecular flexibility index (Phi) is 7.30. The highest BCUT2D eigenvalue weighted by Crippen LogP contribution is 2.53. The van der Waals surface area contributed by atoms with Crippen LogP contribution in [0.1, 0.15) is 49.4 Å². The number of nitriles is 2. The monoisotopic (exact) mass is 682 g/mol. The fourth-order valence-electron chi connectivity index (χ4n) is 9.18. The number of allylic oxidation sites excluding steroid dienone is 4. The number of fused-ring (bicyclic) bond motifs is 10. The molecule has 0 bridgehead atoms. The van der Waals surface area contributed by atoms with E-state index < -0.39 is 0 Å². The molecule has 0 saturated heterocycles. The molecule has 8 aromatic rings. The Bertz CT molecular complexity index is 3000. The summed E-state index contributed by atoms with van der Waals surface area (Å²) in [5, 5.41) is 25.8. The highest BCUT2D eigenvalue weighted by molar-refractivity contribution is 6.16. The SMILES string of the molecule is C/C(=C(C#N)\C=C(/CC#N)n1c2ccccc2c2c(C)c(-c3ccccc3C)ccc21)n1c2ccccc2c2c3c(ccc21)-c1ccccc1C3(C)C. The van der Waals surface area contributed by atoms with E-state index in [-0.39, 0.29) is 11.8 Å². The van der Waals surface area contributed by atoms with Gasteiger partial charge in [-0.1, -0.05) is 111 Å². The second kappa shape index (κ2) is 12.0. The van der Waals surface area contributed by atoms with Crippen LogP contribution in [0.3, 0.4) is 0 Å². The molecule has 6 aromatic carbocycles. The number of rotatable bonds is 5. The van der Waals surface area contributed by atoms with Crippen molar-refractivity contribution in [1.29, 1.82) is 10.5 Å². The van der Waals surface area contributed by atoms with Gasteiger partial charge in [0.1, 0.15) is 6.07 Å². The Morgan fingerprint density at radius 3 is 1.91 bits per heavy atom. The van der Waals surface area contributed by atoms with E-state index >= 15 is 0 Å². The first kappa shape index (κ1) is 32.3. The quantitative estimate of drug-likeness (QED) is 0.134. The summed E-state index contributed by atoms with van der Waals surface area (Å²) in [6.45, 7) is 11.0. The maximum atomic E-state index is 10.9. The fourth-order valence-corrected chi connectivity index (χ4v) is 9.18. The normalized spacial score (nSPS) is 14.0. The lowest BCUT2D eigenvalue weighted by Gasteiger charge is -2.22. The summed E-state index contributed by atoms with van der Waals surface area (Å²) in [6.07, 6.45) is 2.07. The summed E-state index contributed by atoms with van der Waals surface area (Å²) < 4.78 is 4.43. The zero-order valence-corrected chi connectivity index (χ0v) is 30.6. The van der Waals surface area contributed by atoms with E-state index in [1.807, 2.05) is 19.1 Å². The zero-order valence-electron chi connectivity index (χ0n) is 30.6. The number of hydrogen-bond acceptors (Lipinski definition) is 2. The van der Waals surface area contributed by atoms with Crippen molar-refractivity contribution in [2.75, 3.05) is 0 Å². The lowest BCUT2D eigenvalue weighted by atomic mass is 9.80. The topological polar surface area (TPSA) is 57.4 Å². The van der Waals surface area contributed by atoms with Gasteiger partial charge in [0.05, 0.1) is 40.1 Å². The average Bonchev–Trinajstić information content (AvgIpc) is 3.77. The molecule has 0 unspecified atom stereocenters. The van der Waals surface area contributed by atoms with Crippen LogP contribution >= 0.6 is 0 Å². The van der Waals surface area contributed by atoms with Crippen molar-refractivity contribution in [2.45, 2.75) is 46.5 Å². The number of benzene rings is 6. The molecule has 0 atom stereocenters. The van der Waals surface area contributed by atoms with Gasteiger partial charge in [0.2, 0.25) is 0 Å². The summed E-state index contributed by atoms with van der Waals surface area (Å²) >= 11 is 0. The van der Waals surface area contributed by atoms with E-state index in [1.165, 1.54) is 55.3 Å². The third kappa shape index (κ3) is 4.59. The smallest absolute Gasteiger partial charge is 0.101 e. The molecule has 0 aliphatic heterocycles. The summed E-state index contributed by atoms with van der Waals surface area (Å²) in [5.41, 5.74) is 16.1. The lowest BCUT2D eigenvalue weighted by molar-refractivity contribution is 0.666. The van der Waals surface area contributed by atoms with Crippen LogP contribution in [0, 0.1) is 36.5 Å². The molecule has 0 spiro atoms. The van der Waals surface area contributed by atoms with Gasteiger partial charge < -0.3 is 9.13 Å². The predicted molar refractivity (Wildman–Crippen MR) is 220 cm³/mol. The number of aryl methyl sites for hydroxylation is 2. The minimum Gasteiger partial charge on any atom is -0.312 e. The van der Waals surface area contributed by atoms with Crippen LogP contribution in [0.25, 0.3) is 77.3 Å². The Morgan fingerprint density at radius 1 is 0.623 bits per heavy atom. The number of nitrogens with zero attached hydrogens (tertiary/aromatic N) is 4. The Morgan fingerprint density at radius 2 is 1.21 bits per heavy atom. The standard InChI is InChI=1S/C49H38N4/c1-30-14-6-7-15-35(30)36-22-24-44-46(31(36)2)39-17-9-13-21-43(39)53(44)34(26-27-50)28-33(29-51)32(3)52-42-20-12-10-18-40(42)47-45(52)25-23-38-37-16-8-11-19-41(37)49(4,5)48(38)47/h6-25,28H,26H2,1-5H3/b33-32-,34-28+. The van der Waals surface area contributed by atoms with Crippen molar-refractivity contribution >= 4 is 55.0 Å². The summed E-state index contributed by atoms with van der Waals surface area (Å²) in [6, 6.07) is 48.0. The second-order valence-electron chi connectivity index (χ2n) is 14.8. The third-order valence-corrected chi connectivity index (χ3v) is 11.6. The molecule has 0 fully saturated rings. The van der Waals surface area contributed by atoms with E-state index in [0.717, 1.165) is 44.2 Å². The van der Waals surface area contributed by atoms with E-state index in [9.17, 15) is 10.5 Å². The highest BCUT2D eigenvalue weighted by atomic mass is 15.0. The Labute approximate surface area is 309 Å². The minimum atomic E-state index is -0.191. The van der Waals surface area contributed by atoms with Crippen LogP contribution in [0.4, 0.5) is 0 Å². The largest absolute Gasteiger partial charge is 0.312 e. The molecule has 4 nitrogen and oxygen atoms in total. The first-order valence-corrected chi connectivity index (χ1v) is 18.2. The van der Waals surface area contributed by atoms with Gasteiger partial charge in [-0.3, -0.25) is 0 Å². The Hall–Kier alpha value is -6.62. The van der Waals surface area contributed by atoms with Gasteiger partial charge in [0, 0.05) is 38.4 Å². The van der Waals surface area contributed by atoms with Gasteiger partial charge in [-0.25, -0.2) is 0 Å². The molecular weight excluding hydrogens is 645 g/mol. The molecule has 9 rings (SSSR count). The highest BCUT2D eigenvalue weighted by Gasteiger charge is 2.38. The van der Waals surface area contributed by atoms with Crippen LogP contribution in [0.2, 0.25) is 0 Å². The first-order valence-electron chi connectivity index (χ1n) is 18.2. The molecule has 0 N–H and O–H groups in total. The van der Waals surface area contributed by atoms with Crippen LogP contribution in [-0.4, -0.2) is 9.13 Å². The van der Waals surface area contributed by atoms with Gasteiger partial charge in [0.25, 0.3) is 0 Å². The molecule has 2 heterocycles. The molecule has 0 amide bonds. The van der Waals surface area contributed by atoms with Crippen molar-refractivity contribution in [3.63, 3.8) is 0 Å². The lowest BCUT2D eigenvalue weighted by Crippen LogP contribution is -2.15. The van der Waals surface area contributed by atoms with E-state index in [1.54, 1.807) is 0 Å². The molecule has 53 heavy (non-hydrogen) atoms. The minimum absolute atomic E-state index is 0.137. The molecular formula is C49H38N4. The maximum Gasteiger partial charge on any atom is 0.101 e. The number of aromatic nitrogens is 2. The van der Waals surface area contributed by atoms with Crippen LogP contribution in [-0.2, 0) is 5.41 Å². The average molecular weight is 683 g/mol. The predicted octanol–water partition coefficient (Wildman–Crippen LogP) is 12.7. The zero-order chi connectivity index (χ0) is 36.6. The van der Waals surface area contributed by atoms with E-state index in [2.05, 4.69) is 164 Å². The van der Waals surface area contributed by atoms with Gasteiger partial charge in [-0.05, 0) is 95.6 Å². The fraction of sp³-hybridized carbons (Fsp3) is 0.143. The van der Waals surface area contributed by atoms with Gasteiger partial charge in [-0.15, -0.1) is 0 Å². The third-order valence-electron chi connectivity index (χ3n) is 11.6. The molecule has 2 aromatic heterocycles. The molecule has 4 heteroatoms. The summed E-state index contributed by atoms with van der Waals surface area (Å²) in [4.78, 5) is 0. The second-order valence-corrected chi connectivity index (χ2v) is 14.8. The first-order chi connectivity index (χ1) is 25.8. The van der Waals surface area contributed by atoms with E-state index in [4.69, 9.17) is 0 Å². The van der Waals surface area contributed by atoms with Gasteiger partial charge in [0.15, 0.2) is 0 Å². The molecule has 254 valence electrons. The van der Waals surface area contributed by atoms with Crippen molar-refractivity contribution in [3.8, 4) is 34.4 Å². The van der Waals surface area contributed by atoms with Crippen molar-refractivity contribution < 1.29 is 0 Å². The van der Waals surface area contributed by atoms with Crippen LogP contribution < -0.4 is 0 Å². The summed E-state index contributed by atoms with van der Waals surface area (Å²) in [5.74, 6) is 0. The summed E-state index contributed by atoms with van der Waals surface area (Å²) in [7, 11) is 0. The van der Waals surface area contributed by atoms with Crippen molar-refractivity contribution in [2.24, 2.45) is 0 Å². The van der Waals surface area contributed by atoms with Gasteiger partial charge >= 0.3 is 0 Å². The van der Waals surface area contributed by atoms with Gasteiger partial charge in [-0.2, -0.15) is 10.5 Å². The molecule has 0 radical (unpaired) electrons.